The number of ether oxygens (including phenoxy) is 1. The van der Waals surface area contributed by atoms with E-state index < -0.39 is 0 Å². The minimum atomic E-state index is -0.309. The summed E-state index contributed by atoms with van der Waals surface area (Å²) in [5.41, 5.74) is 0.837. The van der Waals surface area contributed by atoms with Crippen molar-refractivity contribution in [2.75, 3.05) is 33.3 Å². The molecule has 0 aliphatic carbocycles. The highest BCUT2D eigenvalue weighted by atomic mass is 32.1. The van der Waals surface area contributed by atoms with Gasteiger partial charge in [0.2, 0.25) is 5.91 Å². The topological polar surface area (TPSA) is 66.9 Å². The molecule has 30 heavy (non-hydrogen) atoms. The molecule has 0 radical (unpaired) electrons. The summed E-state index contributed by atoms with van der Waals surface area (Å²) in [6.45, 7) is 3.08. The van der Waals surface area contributed by atoms with Crippen molar-refractivity contribution in [2.45, 2.75) is 19.8 Å². The number of likely N-dealkylation sites (tertiary alicyclic amines) is 1. The summed E-state index contributed by atoms with van der Waals surface area (Å²) >= 11 is 1.31. The maximum absolute atomic E-state index is 13.1. The fraction of sp³-hybridized carbons (Fsp3) is 0.409. The number of benzene rings is 1. The van der Waals surface area contributed by atoms with Crippen molar-refractivity contribution in [3.8, 4) is 10.4 Å². The molecule has 2 amide bonds. The number of carbonyl (C=O) groups is 3. The molecule has 0 atom stereocenters. The van der Waals surface area contributed by atoms with Gasteiger partial charge in [0, 0.05) is 25.0 Å². The highest BCUT2D eigenvalue weighted by Gasteiger charge is 2.29. The Balaban J connectivity index is 1.54. The summed E-state index contributed by atoms with van der Waals surface area (Å²) in [4.78, 5) is 41.6. The minimum Gasteiger partial charge on any atom is -0.466 e. The van der Waals surface area contributed by atoms with Gasteiger partial charge < -0.3 is 14.5 Å². The van der Waals surface area contributed by atoms with E-state index in [-0.39, 0.29) is 36.1 Å². The second kappa shape index (κ2) is 9.84. The van der Waals surface area contributed by atoms with Crippen LogP contribution in [0.3, 0.4) is 0 Å². The molecular weight excluding hydrogens is 407 g/mol. The van der Waals surface area contributed by atoms with Crippen LogP contribution in [0.5, 0.6) is 0 Å². The number of esters is 1. The second-order valence-corrected chi connectivity index (χ2v) is 8.32. The van der Waals surface area contributed by atoms with Crippen LogP contribution in [-0.4, -0.2) is 60.9 Å². The predicted octanol–water partition coefficient (Wildman–Crippen LogP) is 3.43. The Morgan fingerprint density at radius 1 is 1.13 bits per heavy atom. The van der Waals surface area contributed by atoms with E-state index >= 15 is 0 Å². The minimum absolute atomic E-state index is 0.0211. The molecule has 1 fully saturated rings. The molecule has 1 aromatic heterocycles. The predicted molar refractivity (Wildman–Crippen MR) is 113 cm³/mol. The van der Waals surface area contributed by atoms with Crippen LogP contribution in [0.2, 0.25) is 0 Å². The van der Waals surface area contributed by atoms with Crippen LogP contribution in [0.15, 0.2) is 36.4 Å². The highest BCUT2D eigenvalue weighted by Crippen LogP contribution is 2.29. The van der Waals surface area contributed by atoms with Crippen molar-refractivity contribution >= 4 is 29.1 Å². The highest BCUT2D eigenvalue weighted by molar-refractivity contribution is 7.17. The molecule has 6 nitrogen and oxygen atoms in total. The molecule has 1 saturated heterocycles. The third-order valence-electron chi connectivity index (χ3n) is 5.13. The van der Waals surface area contributed by atoms with Gasteiger partial charge >= 0.3 is 5.97 Å². The zero-order valence-corrected chi connectivity index (χ0v) is 17.9. The van der Waals surface area contributed by atoms with Gasteiger partial charge in [-0.3, -0.25) is 14.4 Å². The third kappa shape index (κ3) is 5.24. The molecule has 1 aliphatic rings. The molecule has 2 aromatic rings. The number of likely N-dealkylation sites (N-methyl/N-ethyl adjacent to an activating group) is 1. The maximum Gasteiger partial charge on any atom is 0.309 e. The van der Waals surface area contributed by atoms with Crippen LogP contribution < -0.4 is 0 Å². The quantitative estimate of drug-likeness (QED) is 0.656. The lowest BCUT2D eigenvalue weighted by Crippen LogP contribution is -2.45. The van der Waals surface area contributed by atoms with Crippen LogP contribution in [0.25, 0.3) is 10.4 Å². The Kier molecular flexibility index (Phi) is 7.20. The van der Waals surface area contributed by atoms with Crippen molar-refractivity contribution in [3.63, 3.8) is 0 Å². The van der Waals surface area contributed by atoms with Crippen LogP contribution in [0.4, 0.5) is 4.39 Å². The molecule has 1 aromatic carbocycles. The molecular formula is C22H25FN2O4S. The van der Waals surface area contributed by atoms with E-state index in [2.05, 4.69) is 0 Å². The fourth-order valence-corrected chi connectivity index (χ4v) is 4.42. The van der Waals surface area contributed by atoms with E-state index in [1.807, 2.05) is 6.07 Å². The smallest absolute Gasteiger partial charge is 0.309 e. The van der Waals surface area contributed by atoms with Crippen molar-refractivity contribution in [1.29, 1.82) is 0 Å². The molecule has 1 aliphatic heterocycles. The first kappa shape index (κ1) is 22.0. The lowest BCUT2D eigenvalue weighted by atomic mass is 9.97. The average Bonchev–Trinajstić information content (AvgIpc) is 3.24. The van der Waals surface area contributed by atoms with Crippen molar-refractivity contribution < 1.29 is 23.5 Å². The van der Waals surface area contributed by atoms with Gasteiger partial charge in [0.1, 0.15) is 5.82 Å². The molecule has 2 heterocycles. The van der Waals surface area contributed by atoms with E-state index in [4.69, 9.17) is 4.74 Å². The molecule has 160 valence electrons. The summed E-state index contributed by atoms with van der Waals surface area (Å²) in [7, 11) is 1.60. The van der Waals surface area contributed by atoms with Gasteiger partial charge in [-0.1, -0.05) is 12.1 Å². The molecule has 0 N–H and O–H groups in total. The lowest BCUT2D eigenvalue weighted by Gasteiger charge is -2.32. The zero-order valence-electron chi connectivity index (χ0n) is 17.1. The van der Waals surface area contributed by atoms with E-state index in [1.54, 1.807) is 37.1 Å². The monoisotopic (exact) mass is 432 g/mol. The first-order valence-corrected chi connectivity index (χ1v) is 10.8. The average molecular weight is 433 g/mol. The standard InChI is InChI=1S/C22H25FN2O4S/c1-3-29-22(28)16-10-12-25(13-11-16)20(26)14-24(2)21(27)19-9-8-18(30-19)15-4-6-17(23)7-5-15/h4-9,16H,3,10-14H2,1-2H3. The SMILES string of the molecule is CCOC(=O)C1CCN(C(=O)CN(C)C(=O)c2ccc(-c3ccc(F)cc3)s2)CC1. The van der Waals surface area contributed by atoms with E-state index in [0.717, 1.165) is 10.4 Å². The lowest BCUT2D eigenvalue weighted by molar-refractivity contribution is -0.151. The Hall–Kier alpha value is -2.74. The van der Waals surface area contributed by atoms with Crippen LogP contribution in [0, 0.1) is 11.7 Å². The Bertz CT molecular complexity index is 904. The van der Waals surface area contributed by atoms with E-state index in [0.29, 0.717) is 37.4 Å². The van der Waals surface area contributed by atoms with E-state index in [1.165, 1.54) is 28.4 Å². The molecule has 0 saturated carbocycles. The summed E-state index contributed by atoms with van der Waals surface area (Å²) in [5.74, 6) is -1.04. The number of piperidine rings is 1. The number of nitrogens with zero attached hydrogens (tertiary/aromatic N) is 2. The summed E-state index contributed by atoms with van der Waals surface area (Å²) in [6, 6.07) is 9.64. The third-order valence-corrected chi connectivity index (χ3v) is 6.25. The molecule has 3 rings (SSSR count). The number of amides is 2. The largest absolute Gasteiger partial charge is 0.466 e. The number of carbonyl (C=O) groups excluding carboxylic acids is 3. The van der Waals surface area contributed by atoms with Gasteiger partial charge in [0.05, 0.1) is 23.9 Å². The number of hydrogen-bond donors (Lipinski definition) is 0. The van der Waals surface area contributed by atoms with Crippen molar-refractivity contribution in [2.24, 2.45) is 5.92 Å². The normalized spacial score (nSPS) is 14.4. The second-order valence-electron chi connectivity index (χ2n) is 7.24. The van der Waals surface area contributed by atoms with Gasteiger partial charge in [-0.2, -0.15) is 0 Å². The van der Waals surface area contributed by atoms with Crippen LogP contribution in [0.1, 0.15) is 29.4 Å². The molecule has 0 bridgehead atoms. The first-order chi connectivity index (χ1) is 14.4. The Morgan fingerprint density at radius 2 is 1.80 bits per heavy atom. The summed E-state index contributed by atoms with van der Waals surface area (Å²) < 4.78 is 18.1. The van der Waals surface area contributed by atoms with Gasteiger partial charge in [-0.25, -0.2) is 4.39 Å². The van der Waals surface area contributed by atoms with Gasteiger partial charge in [0.15, 0.2) is 0 Å². The number of thiophene rings is 1. The first-order valence-electron chi connectivity index (χ1n) is 9.94. The van der Waals surface area contributed by atoms with Crippen LogP contribution in [-0.2, 0) is 14.3 Å². The summed E-state index contributed by atoms with van der Waals surface area (Å²) in [5, 5.41) is 0. The van der Waals surface area contributed by atoms with Gasteiger partial charge in [0.25, 0.3) is 5.91 Å². The molecule has 0 spiro atoms. The Labute approximate surface area is 179 Å². The summed E-state index contributed by atoms with van der Waals surface area (Å²) in [6.07, 6.45) is 1.16. The fourth-order valence-electron chi connectivity index (χ4n) is 3.41. The van der Waals surface area contributed by atoms with Crippen LogP contribution >= 0.6 is 11.3 Å². The zero-order chi connectivity index (χ0) is 21.7. The number of halogens is 1. The van der Waals surface area contributed by atoms with Gasteiger partial charge in [-0.15, -0.1) is 11.3 Å². The number of hydrogen-bond acceptors (Lipinski definition) is 5. The van der Waals surface area contributed by atoms with Crippen molar-refractivity contribution in [1.82, 2.24) is 9.80 Å². The van der Waals surface area contributed by atoms with Crippen molar-refractivity contribution in [3.05, 3.63) is 47.1 Å². The molecule has 0 unspecified atom stereocenters. The maximum atomic E-state index is 13.1. The number of rotatable bonds is 6. The van der Waals surface area contributed by atoms with Gasteiger partial charge in [-0.05, 0) is 49.6 Å². The van der Waals surface area contributed by atoms with E-state index in [9.17, 15) is 18.8 Å². The Morgan fingerprint density at radius 3 is 2.43 bits per heavy atom. The molecule has 8 heteroatoms.